The zero-order valence-corrected chi connectivity index (χ0v) is 13.8. The summed E-state index contributed by atoms with van der Waals surface area (Å²) in [6, 6.07) is 9.60. The van der Waals surface area contributed by atoms with Crippen LogP contribution in [0.15, 0.2) is 40.9 Å². The SMILES string of the molecule is Fc1cc(Cl)ccc1NC(=S)Nc1ccc(Br)cc1Cl. The van der Waals surface area contributed by atoms with E-state index in [-0.39, 0.29) is 10.8 Å². The van der Waals surface area contributed by atoms with Gasteiger partial charge in [-0.25, -0.2) is 4.39 Å². The van der Waals surface area contributed by atoms with Crippen molar-refractivity contribution in [2.45, 2.75) is 0 Å². The normalized spacial score (nSPS) is 10.2. The van der Waals surface area contributed by atoms with E-state index in [1.54, 1.807) is 18.2 Å². The molecule has 104 valence electrons. The minimum absolute atomic E-state index is 0.232. The Kier molecular flexibility index (Phi) is 5.21. The quantitative estimate of drug-likeness (QED) is 0.639. The van der Waals surface area contributed by atoms with E-state index in [0.717, 1.165) is 4.47 Å². The number of hydrogen-bond donors (Lipinski definition) is 2. The van der Waals surface area contributed by atoms with Gasteiger partial charge in [0.1, 0.15) is 5.82 Å². The van der Waals surface area contributed by atoms with Gasteiger partial charge in [-0.1, -0.05) is 39.1 Å². The van der Waals surface area contributed by atoms with Crippen molar-refractivity contribution < 1.29 is 4.39 Å². The third-order valence-corrected chi connectivity index (χ3v) is 3.60. The van der Waals surface area contributed by atoms with Crippen molar-refractivity contribution in [1.29, 1.82) is 0 Å². The average Bonchev–Trinajstić information content (AvgIpc) is 2.36. The Hall–Kier alpha value is -0.880. The summed E-state index contributed by atoms with van der Waals surface area (Å²) in [4.78, 5) is 0. The third-order valence-electron chi connectivity index (χ3n) is 2.36. The molecule has 0 aliphatic carbocycles. The first-order chi connectivity index (χ1) is 9.45. The number of benzene rings is 2. The van der Waals surface area contributed by atoms with Crippen LogP contribution >= 0.6 is 51.3 Å². The summed E-state index contributed by atoms with van der Waals surface area (Å²) < 4.78 is 14.5. The summed E-state index contributed by atoms with van der Waals surface area (Å²) in [5.74, 6) is -0.483. The first-order valence-corrected chi connectivity index (χ1v) is 7.39. The molecule has 0 saturated heterocycles. The van der Waals surface area contributed by atoms with Gasteiger partial charge in [0.15, 0.2) is 5.11 Å². The van der Waals surface area contributed by atoms with Crippen LogP contribution in [0.3, 0.4) is 0 Å². The summed E-state index contributed by atoms with van der Waals surface area (Å²) in [7, 11) is 0. The summed E-state index contributed by atoms with van der Waals surface area (Å²) >= 11 is 20.2. The minimum atomic E-state index is -0.483. The number of nitrogens with one attached hydrogen (secondary N) is 2. The van der Waals surface area contributed by atoms with Crippen molar-refractivity contribution in [3.05, 3.63) is 56.7 Å². The fourth-order valence-electron chi connectivity index (χ4n) is 1.46. The lowest BCUT2D eigenvalue weighted by Crippen LogP contribution is -2.20. The molecule has 0 amide bonds. The Balaban J connectivity index is 2.09. The first kappa shape index (κ1) is 15.5. The maximum absolute atomic E-state index is 13.6. The van der Waals surface area contributed by atoms with Gasteiger partial charge >= 0.3 is 0 Å². The van der Waals surface area contributed by atoms with Gasteiger partial charge in [0, 0.05) is 9.50 Å². The molecule has 2 N–H and O–H groups in total. The Labute approximate surface area is 139 Å². The van der Waals surface area contributed by atoms with Gasteiger partial charge < -0.3 is 10.6 Å². The molecular weight excluding hydrogens is 386 g/mol. The number of hydrogen-bond acceptors (Lipinski definition) is 1. The van der Waals surface area contributed by atoms with E-state index in [4.69, 9.17) is 35.4 Å². The summed E-state index contributed by atoms with van der Waals surface area (Å²) in [6.07, 6.45) is 0. The van der Waals surface area contributed by atoms with Crippen LogP contribution in [0.4, 0.5) is 15.8 Å². The Bertz CT molecular complexity index is 611. The number of rotatable bonds is 2. The second-order valence-electron chi connectivity index (χ2n) is 3.83. The van der Waals surface area contributed by atoms with E-state index in [2.05, 4.69) is 26.6 Å². The predicted molar refractivity (Wildman–Crippen MR) is 90.4 cm³/mol. The molecule has 7 heteroatoms. The molecule has 2 rings (SSSR count). The first-order valence-electron chi connectivity index (χ1n) is 5.44. The zero-order chi connectivity index (χ0) is 14.7. The van der Waals surface area contributed by atoms with Crippen LogP contribution in [0.5, 0.6) is 0 Å². The molecule has 0 unspecified atom stereocenters. The van der Waals surface area contributed by atoms with Crippen molar-refractivity contribution >= 4 is 67.8 Å². The Morgan fingerprint density at radius 1 is 1.05 bits per heavy atom. The zero-order valence-electron chi connectivity index (χ0n) is 9.88. The van der Waals surface area contributed by atoms with Crippen LogP contribution in [0.25, 0.3) is 0 Å². The van der Waals surface area contributed by atoms with Gasteiger partial charge in [-0.05, 0) is 48.6 Å². The van der Waals surface area contributed by atoms with Gasteiger partial charge in [-0.15, -0.1) is 0 Å². The van der Waals surface area contributed by atoms with Crippen molar-refractivity contribution in [1.82, 2.24) is 0 Å². The number of halogens is 4. The molecule has 0 aliphatic heterocycles. The number of thiocarbonyl (C=S) groups is 1. The lowest BCUT2D eigenvalue weighted by Gasteiger charge is -2.12. The van der Waals surface area contributed by atoms with Gasteiger partial charge in [0.2, 0.25) is 0 Å². The third kappa shape index (κ3) is 4.06. The highest BCUT2D eigenvalue weighted by Crippen LogP contribution is 2.26. The van der Waals surface area contributed by atoms with E-state index in [1.165, 1.54) is 12.1 Å². The van der Waals surface area contributed by atoms with Crippen LogP contribution < -0.4 is 10.6 Å². The fourth-order valence-corrected chi connectivity index (χ4v) is 2.56. The molecule has 0 aromatic heterocycles. The van der Waals surface area contributed by atoms with E-state index < -0.39 is 5.82 Å². The molecule has 2 nitrogen and oxygen atoms in total. The fraction of sp³-hybridized carbons (Fsp3) is 0. The summed E-state index contributed by atoms with van der Waals surface area (Å²) in [5.41, 5.74) is 0.863. The van der Waals surface area contributed by atoms with Crippen LogP contribution in [0, 0.1) is 5.82 Å². The Morgan fingerprint density at radius 3 is 2.35 bits per heavy atom. The second-order valence-corrected chi connectivity index (χ2v) is 6.00. The van der Waals surface area contributed by atoms with Crippen molar-refractivity contribution in [3.8, 4) is 0 Å². The highest BCUT2D eigenvalue weighted by atomic mass is 79.9. The van der Waals surface area contributed by atoms with E-state index >= 15 is 0 Å². The topological polar surface area (TPSA) is 24.1 Å². The van der Waals surface area contributed by atoms with Gasteiger partial charge in [-0.3, -0.25) is 0 Å². The average molecular weight is 394 g/mol. The van der Waals surface area contributed by atoms with Crippen LogP contribution in [-0.2, 0) is 0 Å². The lowest BCUT2D eigenvalue weighted by molar-refractivity contribution is 0.632. The van der Waals surface area contributed by atoms with Crippen LogP contribution in [-0.4, -0.2) is 5.11 Å². The highest BCUT2D eigenvalue weighted by Gasteiger charge is 2.07. The molecular formula is C13H8BrCl2FN2S. The summed E-state index contributed by atoms with van der Waals surface area (Å²) in [5, 5.41) is 6.69. The molecule has 0 aliphatic rings. The molecule has 0 bridgehead atoms. The second kappa shape index (κ2) is 6.72. The van der Waals surface area contributed by atoms with E-state index in [0.29, 0.717) is 15.7 Å². The van der Waals surface area contributed by atoms with Crippen LogP contribution in [0.2, 0.25) is 10.0 Å². The van der Waals surface area contributed by atoms with E-state index in [1.807, 2.05) is 6.07 Å². The molecule has 0 saturated carbocycles. The smallest absolute Gasteiger partial charge is 0.175 e. The molecule has 20 heavy (non-hydrogen) atoms. The molecule has 0 atom stereocenters. The van der Waals surface area contributed by atoms with Crippen molar-refractivity contribution in [2.75, 3.05) is 10.6 Å². The van der Waals surface area contributed by atoms with Gasteiger partial charge in [-0.2, -0.15) is 0 Å². The van der Waals surface area contributed by atoms with Crippen LogP contribution in [0.1, 0.15) is 0 Å². The van der Waals surface area contributed by atoms with Crippen molar-refractivity contribution in [2.24, 2.45) is 0 Å². The molecule has 0 spiro atoms. The lowest BCUT2D eigenvalue weighted by atomic mass is 10.3. The minimum Gasteiger partial charge on any atom is -0.331 e. The molecule has 2 aromatic carbocycles. The predicted octanol–water partition coefficient (Wildman–Crippen LogP) is 5.70. The van der Waals surface area contributed by atoms with E-state index in [9.17, 15) is 4.39 Å². The maximum Gasteiger partial charge on any atom is 0.175 e. The monoisotopic (exact) mass is 392 g/mol. The Morgan fingerprint density at radius 2 is 1.70 bits per heavy atom. The maximum atomic E-state index is 13.6. The van der Waals surface area contributed by atoms with Crippen molar-refractivity contribution in [3.63, 3.8) is 0 Å². The molecule has 0 fully saturated rings. The molecule has 0 radical (unpaired) electrons. The largest absolute Gasteiger partial charge is 0.331 e. The van der Waals surface area contributed by atoms with Gasteiger partial charge in [0.25, 0.3) is 0 Å². The number of anilines is 2. The molecule has 0 heterocycles. The van der Waals surface area contributed by atoms with Gasteiger partial charge in [0.05, 0.1) is 16.4 Å². The summed E-state index contributed by atoms with van der Waals surface area (Å²) in [6.45, 7) is 0. The highest BCUT2D eigenvalue weighted by molar-refractivity contribution is 9.10. The molecule has 2 aromatic rings. The standard InChI is InChI=1S/C13H8BrCl2FN2S/c14-7-1-3-11(9(16)5-7)18-13(20)19-12-4-2-8(15)6-10(12)17/h1-6H,(H2,18,19,20).